The molecule has 1 heterocycles. The number of carbonyl (C=O) groups excluding carboxylic acids is 1. The predicted molar refractivity (Wildman–Crippen MR) is 92.0 cm³/mol. The lowest BCUT2D eigenvalue weighted by atomic mass is 10.00. The number of fused-ring (bicyclic) bond motifs is 1. The number of carbonyl (C=O) groups is 1. The number of benzene rings is 2. The van der Waals surface area contributed by atoms with Crippen molar-refractivity contribution in [1.82, 2.24) is 0 Å². The fourth-order valence-electron chi connectivity index (χ4n) is 2.94. The van der Waals surface area contributed by atoms with E-state index in [1.165, 1.54) is 18.2 Å². The van der Waals surface area contributed by atoms with Gasteiger partial charge in [-0.15, -0.1) is 0 Å². The summed E-state index contributed by atoms with van der Waals surface area (Å²) < 4.78 is 38.2. The summed E-state index contributed by atoms with van der Waals surface area (Å²) in [5.74, 6) is -0.308. The van der Waals surface area contributed by atoms with Crippen molar-refractivity contribution in [2.45, 2.75) is 19.0 Å². The van der Waals surface area contributed by atoms with Crippen LogP contribution in [-0.2, 0) is 17.4 Å². The first-order chi connectivity index (χ1) is 11.9. The second kappa shape index (κ2) is 6.63. The van der Waals surface area contributed by atoms with E-state index in [-0.39, 0.29) is 5.91 Å². The number of anilines is 3. The first kappa shape index (κ1) is 17.1. The summed E-state index contributed by atoms with van der Waals surface area (Å²) in [6, 6.07) is 10.7. The van der Waals surface area contributed by atoms with Gasteiger partial charge in [0.2, 0.25) is 5.91 Å². The molecule has 0 saturated carbocycles. The molecule has 0 saturated heterocycles. The first-order valence-corrected chi connectivity index (χ1v) is 7.89. The summed E-state index contributed by atoms with van der Waals surface area (Å²) in [7, 11) is 0. The van der Waals surface area contributed by atoms with Crippen LogP contribution in [0.15, 0.2) is 55.1 Å². The van der Waals surface area contributed by atoms with Gasteiger partial charge in [-0.05, 0) is 60.9 Å². The smallest absolute Gasteiger partial charge is 0.341 e. The lowest BCUT2D eigenvalue weighted by molar-refractivity contribution is -0.137. The largest absolute Gasteiger partial charge is 0.416 e. The fraction of sp³-hybridized carbons (Fsp3) is 0.211. The molecule has 0 bridgehead atoms. The van der Waals surface area contributed by atoms with Crippen molar-refractivity contribution in [2.75, 3.05) is 16.8 Å². The molecule has 3 rings (SSSR count). The second-order valence-electron chi connectivity index (χ2n) is 5.84. The van der Waals surface area contributed by atoms with Crippen molar-refractivity contribution in [2.24, 2.45) is 0 Å². The van der Waals surface area contributed by atoms with E-state index in [0.717, 1.165) is 36.2 Å². The summed E-state index contributed by atoms with van der Waals surface area (Å²) in [6.07, 6.45) is -1.36. The number of hydrogen-bond acceptors (Lipinski definition) is 2. The van der Waals surface area contributed by atoms with E-state index in [2.05, 4.69) is 11.9 Å². The summed E-state index contributed by atoms with van der Waals surface area (Å²) >= 11 is 0. The van der Waals surface area contributed by atoms with Gasteiger partial charge in [0.05, 0.1) is 5.56 Å². The van der Waals surface area contributed by atoms with Gasteiger partial charge >= 0.3 is 6.18 Å². The number of hydrogen-bond donors (Lipinski definition) is 1. The van der Waals surface area contributed by atoms with E-state index >= 15 is 0 Å². The molecule has 0 atom stereocenters. The normalized spacial score (nSPS) is 14.0. The van der Waals surface area contributed by atoms with E-state index in [1.54, 1.807) is 0 Å². The van der Waals surface area contributed by atoms with Gasteiger partial charge in [0.25, 0.3) is 0 Å². The highest BCUT2D eigenvalue weighted by Crippen LogP contribution is 2.37. The summed E-state index contributed by atoms with van der Waals surface area (Å²) in [5.41, 5.74) is 2.65. The minimum Gasteiger partial charge on any atom is -0.341 e. The lowest BCUT2D eigenvalue weighted by Crippen LogP contribution is -2.25. The molecule has 6 heteroatoms. The Bertz CT molecular complexity index is 797. The zero-order valence-electron chi connectivity index (χ0n) is 13.4. The van der Waals surface area contributed by atoms with Crippen LogP contribution in [0.1, 0.15) is 17.5 Å². The Kier molecular flexibility index (Phi) is 4.53. The molecular formula is C19H17F3N2O. The fourth-order valence-corrected chi connectivity index (χ4v) is 2.94. The number of aryl methyl sites for hydroxylation is 1. The Morgan fingerprint density at radius 2 is 1.88 bits per heavy atom. The number of alkyl halides is 3. The van der Waals surface area contributed by atoms with E-state index in [9.17, 15) is 18.0 Å². The molecule has 3 nitrogen and oxygen atoms in total. The topological polar surface area (TPSA) is 32.3 Å². The quantitative estimate of drug-likeness (QED) is 0.801. The zero-order valence-corrected chi connectivity index (χ0v) is 13.4. The number of amides is 1. The van der Waals surface area contributed by atoms with Gasteiger partial charge in [0.15, 0.2) is 0 Å². The van der Waals surface area contributed by atoms with Gasteiger partial charge in [-0.3, -0.25) is 4.79 Å². The Labute approximate surface area is 143 Å². The molecule has 0 unspecified atom stereocenters. The van der Waals surface area contributed by atoms with Crippen LogP contribution in [-0.4, -0.2) is 12.5 Å². The molecule has 1 amide bonds. The molecule has 0 aliphatic carbocycles. The zero-order chi connectivity index (χ0) is 18.0. The Morgan fingerprint density at radius 3 is 2.52 bits per heavy atom. The van der Waals surface area contributed by atoms with Gasteiger partial charge in [-0.1, -0.05) is 12.6 Å². The molecule has 1 aliphatic rings. The average Bonchev–Trinajstić information content (AvgIpc) is 2.60. The molecule has 2 aromatic rings. The van der Waals surface area contributed by atoms with Gasteiger partial charge in [0.1, 0.15) is 0 Å². The van der Waals surface area contributed by atoms with Gasteiger partial charge in [-0.2, -0.15) is 13.2 Å². The molecule has 1 N–H and O–H groups in total. The van der Waals surface area contributed by atoms with Crippen molar-refractivity contribution < 1.29 is 18.0 Å². The second-order valence-corrected chi connectivity index (χ2v) is 5.84. The number of rotatable bonds is 3. The third-order valence-corrected chi connectivity index (χ3v) is 4.16. The highest BCUT2D eigenvalue weighted by Gasteiger charge is 2.30. The van der Waals surface area contributed by atoms with Crippen LogP contribution in [0.3, 0.4) is 0 Å². The molecule has 2 aromatic carbocycles. The van der Waals surface area contributed by atoms with Crippen molar-refractivity contribution in [1.29, 1.82) is 0 Å². The van der Waals surface area contributed by atoms with E-state index < -0.39 is 11.7 Å². The molecule has 130 valence electrons. The summed E-state index contributed by atoms with van der Waals surface area (Å²) in [6.45, 7) is 4.13. The Hall–Kier alpha value is -2.76. The highest BCUT2D eigenvalue weighted by atomic mass is 19.4. The third-order valence-electron chi connectivity index (χ3n) is 4.16. The molecule has 1 aliphatic heterocycles. The maximum Gasteiger partial charge on any atom is 0.416 e. The monoisotopic (exact) mass is 346 g/mol. The van der Waals surface area contributed by atoms with Crippen LogP contribution in [0.2, 0.25) is 0 Å². The molecule has 0 fully saturated rings. The maximum atomic E-state index is 12.7. The summed E-state index contributed by atoms with van der Waals surface area (Å²) in [5, 5.41) is 2.71. The SMILES string of the molecule is C=CC(=O)Nc1ccc2c(c1)N(c1ccc(C(F)(F)F)cc1)CCC2. The van der Waals surface area contributed by atoms with Crippen molar-refractivity contribution >= 4 is 23.0 Å². The van der Waals surface area contributed by atoms with Gasteiger partial charge in [-0.25, -0.2) is 0 Å². The Balaban J connectivity index is 1.93. The molecule has 25 heavy (non-hydrogen) atoms. The predicted octanol–water partition coefficient (Wildman–Crippen LogP) is 4.91. The highest BCUT2D eigenvalue weighted by molar-refractivity contribution is 5.99. The maximum absolute atomic E-state index is 12.7. The lowest BCUT2D eigenvalue weighted by Gasteiger charge is -2.32. The first-order valence-electron chi connectivity index (χ1n) is 7.89. The minimum absolute atomic E-state index is 0.308. The number of halogens is 3. The minimum atomic E-state index is -4.35. The summed E-state index contributed by atoms with van der Waals surface area (Å²) in [4.78, 5) is 13.5. The van der Waals surface area contributed by atoms with Gasteiger partial charge < -0.3 is 10.2 Å². The molecule has 0 aromatic heterocycles. The van der Waals surface area contributed by atoms with E-state index in [0.29, 0.717) is 17.9 Å². The van der Waals surface area contributed by atoms with Gasteiger partial charge in [0, 0.05) is 23.6 Å². The standard InChI is InChI=1S/C19H17F3N2O/c1-2-18(25)23-15-8-5-13-4-3-11-24(17(13)12-15)16-9-6-14(7-10-16)19(20,21)22/h2,5-10,12H,1,3-4,11H2,(H,23,25). The Morgan fingerprint density at radius 1 is 1.16 bits per heavy atom. The van der Waals surface area contributed by atoms with Crippen LogP contribution < -0.4 is 10.2 Å². The molecular weight excluding hydrogens is 329 g/mol. The third kappa shape index (κ3) is 3.68. The van der Waals surface area contributed by atoms with Crippen LogP contribution in [0.4, 0.5) is 30.2 Å². The number of nitrogens with zero attached hydrogens (tertiary/aromatic N) is 1. The van der Waals surface area contributed by atoms with Crippen molar-refractivity contribution in [3.63, 3.8) is 0 Å². The van der Waals surface area contributed by atoms with Crippen molar-refractivity contribution in [3.8, 4) is 0 Å². The molecule has 0 radical (unpaired) electrons. The van der Waals surface area contributed by atoms with Crippen molar-refractivity contribution in [3.05, 3.63) is 66.2 Å². The van der Waals surface area contributed by atoms with Crippen LogP contribution in [0, 0.1) is 0 Å². The number of nitrogens with one attached hydrogen (secondary N) is 1. The van der Waals surface area contributed by atoms with Crippen LogP contribution >= 0.6 is 0 Å². The van der Waals surface area contributed by atoms with E-state index in [4.69, 9.17) is 0 Å². The van der Waals surface area contributed by atoms with Crippen LogP contribution in [0.5, 0.6) is 0 Å². The molecule has 0 spiro atoms. The average molecular weight is 346 g/mol. The van der Waals surface area contributed by atoms with E-state index in [1.807, 2.05) is 23.1 Å². The van der Waals surface area contributed by atoms with Crippen LogP contribution in [0.25, 0.3) is 0 Å².